The van der Waals surface area contributed by atoms with E-state index in [-0.39, 0.29) is 0 Å². The van der Waals surface area contributed by atoms with Gasteiger partial charge < -0.3 is 9.73 Å². The molecule has 0 aliphatic heterocycles. The van der Waals surface area contributed by atoms with Crippen LogP contribution in [0.5, 0.6) is 0 Å². The largest absolute Gasteiger partial charge is 0.466 e. The molecule has 2 atom stereocenters. The maximum atomic E-state index is 5.54. The average Bonchev–Trinajstić information content (AvgIpc) is 2.44. The summed E-state index contributed by atoms with van der Waals surface area (Å²) in [5.41, 5.74) is 1.28. The molecule has 0 saturated carbocycles. The van der Waals surface area contributed by atoms with Crippen LogP contribution in [0.3, 0.4) is 0 Å². The van der Waals surface area contributed by atoms with E-state index in [1.807, 2.05) is 13.8 Å². The SMILES string of the molecule is Cc1cc(C(C)NC(C)C(C)C)c(C)o1. The van der Waals surface area contributed by atoms with Crippen molar-refractivity contribution >= 4 is 0 Å². The molecule has 1 aromatic rings. The molecule has 0 fully saturated rings. The van der Waals surface area contributed by atoms with Gasteiger partial charge in [0.1, 0.15) is 11.5 Å². The lowest BCUT2D eigenvalue weighted by atomic mass is 10.0. The standard InChI is InChI=1S/C13H23NO/c1-8(2)10(4)14-11(5)13-7-9(3)15-12(13)6/h7-8,10-11,14H,1-6H3. The Hall–Kier alpha value is -0.760. The van der Waals surface area contributed by atoms with Gasteiger partial charge in [0, 0.05) is 17.6 Å². The minimum Gasteiger partial charge on any atom is -0.466 e. The highest BCUT2D eigenvalue weighted by molar-refractivity contribution is 5.23. The van der Waals surface area contributed by atoms with Crippen molar-refractivity contribution in [1.82, 2.24) is 5.32 Å². The zero-order valence-electron chi connectivity index (χ0n) is 10.7. The van der Waals surface area contributed by atoms with Crippen LogP contribution in [0.15, 0.2) is 10.5 Å². The van der Waals surface area contributed by atoms with Gasteiger partial charge in [-0.25, -0.2) is 0 Å². The Morgan fingerprint density at radius 3 is 2.13 bits per heavy atom. The van der Waals surface area contributed by atoms with Gasteiger partial charge in [0.15, 0.2) is 0 Å². The van der Waals surface area contributed by atoms with Crippen LogP contribution < -0.4 is 5.32 Å². The number of hydrogen-bond donors (Lipinski definition) is 1. The third kappa shape index (κ3) is 3.10. The second kappa shape index (κ2) is 4.84. The second-order valence-electron chi connectivity index (χ2n) is 4.79. The van der Waals surface area contributed by atoms with Crippen molar-refractivity contribution < 1.29 is 4.42 Å². The van der Waals surface area contributed by atoms with E-state index in [0.29, 0.717) is 18.0 Å². The van der Waals surface area contributed by atoms with Crippen LogP contribution in [-0.2, 0) is 0 Å². The molecule has 0 aliphatic carbocycles. The predicted molar refractivity (Wildman–Crippen MR) is 64.0 cm³/mol. The molecule has 1 N–H and O–H groups in total. The number of rotatable bonds is 4. The smallest absolute Gasteiger partial charge is 0.105 e. The van der Waals surface area contributed by atoms with Crippen molar-refractivity contribution in [3.05, 3.63) is 23.2 Å². The van der Waals surface area contributed by atoms with Crippen LogP contribution in [0.4, 0.5) is 0 Å². The highest BCUT2D eigenvalue weighted by Gasteiger charge is 2.16. The number of aryl methyl sites for hydroxylation is 2. The molecule has 0 bridgehead atoms. The Balaban J connectivity index is 2.68. The summed E-state index contributed by atoms with van der Waals surface area (Å²) in [6, 6.07) is 3.01. The van der Waals surface area contributed by atoms with E-state index in [4.69, 9.17) is 4.42 Å². The van der Waals surface area contributed by atoms with E-state index in [0.717, 1.165) is 11.5 Å². The molecule has 15 heavy (non-hydrogen) atoms. The van der Waals surface area contributed by atoms with Crippen LogP contribution in [0.25, 0.3) is 0 Å². The first kappa shape index (κ1) is 12.3. The van der Waals surface area contributed by atoms with Crippen LogP contribution in [0.2, 0.25) is 0 Å². The van der Waals surface area contributed by atoms with Crippen molar-refractivity contribution in [2.75, 3.05) is 0 Å². The molecule has 2 unspecified atom stereocenters. The minimum absolute atomic E-state index is 0.361. The molecule has 2 heteroatoms. The van der Waals surface area contributed by atoms with Crippen LogP contribution in [-0.4, -0.2) is 6.04 Å². The maximum absolute atomic E-state index is 5.54. The quantitative estimate of drug-likeness (QED) is 0.819. The van der Waals surface area contributed by atoms with E-state index < -0.39 is 0 Å². The highest BCUT2D eigenvalue weighted by Crippen LogP contribution is 2.22. The molecular formula is C13H23NO. The Morgan fingerprint density at radius 2 is 1.73 bits per heavy atom. The lowest BCUT2D eigenvalue weighted by Gasteiger charge is -2.22. The Labute approximate surface area is 93.1 Å². The summed E-state index contributed by atoms with van der Waals surface area (Å²) in [6.07, 6.45) is 0. The second-order valence-corrected chi connectivity index (χ2v) is 4.79. The summed E-state index contributed by atoms with van der Waals surface area (Å²) in [5.74, 6) is 2.68. The molecule has 1 heterocycles. The summed E-state index contributed by atoms with van der Waals surface area (Å²) < 4.78 is 5.54. The predicted octanol–water partition coefficient (Wildman–Crippen LogP) is 3.59. The average molecular weight is 209 g/mol. The van der Waals surface area contributed by atoms with E-state index in [2.05, 4.69) is 39.1 Å². The molecular weight excluding hydrogens is 186 g/mol. The first-order valence-electron chi connectivity index (χ1n) is 5.74. The summed E-state index contributed by atoms with van der Waals surface area (Å²) in [5, 5.41) is 3.59. The van der Waals surface area contributed by atoms with Gasteiger partial charge in [0.25, 0.3) is 0 Å². The zero-order chi connectivity index (χ0) is 11.6. The summed E-state index contributed by atoms with van der Waals surface area (Å²) in [4.78, 5) is 0. The lowest BCUT2D eigenvalue weighted by Crippen LogP contribution is -2.33. The van der Waals surface area contributed by atoms with Crippen molar-refractivity contribution in [2.24, 2.45) is 5.92 Å². The fraction of sp³-hybridized carbons (Fsp3) is 0.692. The molecule has 1 rings (SSSR count). The molecule has 2 nitrogen and oxygen atoms in total. The van der Waals surface area contributed by atoms with Crippen molar-refractivity contribution in [1.29, 1.82) is 0 Å². The zero-order valence-corrected chi connectivity index (χ0v) is 10.7. The van der Waals surface area contributed by atoms with Crippen LogP contribution in [0, 0.1) is 19.8 Å². The lowest BCUT2D eigenvalue weighted by molar-refractivity contribution is 0.385. The third-order valence-corrected chi connectivity index (χ3v) is 3.06. The Bertz CT molecular complexity index is 314. The number of nitrogens with one attached hydrogen (secondary N) is 1. The normalized spacial score (nSPS) is 15.7. The molecule has 0 saturated heterocycles. The molecule has 0 amide bonds. The molecule has 0 spiro atoms. The monoisotopic (exact) mass is 209 g/mol. The molecule has 0 aliphatic rings. The van der Waals surface area contributed by atoms with Gasteiger partial charge in [-0.15, -0.1) is 0 Å². The molecule has 0 radical (unpaired) electrons. The Kier molecular flexibility index (Phi) is 3.97. The van der Waals surface area contributed by atoms with E-state index in [1.54, 1.807) is 0 Å². The van der Waals surface area contributed by atoms with Gasteiger partial charge in [0.2, 0.25) is 0 Å². The maximum Gasteiger partial charge on any atom is 0.105 e. The van der Waals surface area contributed by atoms with Gasteiger partial charge in [-0.05, 0) is 39.7 Å². The molecule has 1 aromatic heterocycles. The highest BCUT2D eigenvalue weighted by atomic mass is 16.3. The van der Waals surface area contributed by atoms with Gasteiger partial charge in [-0.3, -0.25) is 0 Å². The number of hydrogen-bond acceptors (Lipinski definition) is 2. The van der Waals surface area contributed by atoms with E-state index in [1.165, 1.54) is 5.56 Å². The summed E-state index contributed by atoms with van der Waals surface area (Å²) in [7, 11) is 0. The fourth-order valence-corrected chi connectivity index (χ4v) is 1.76. The van der Waals surface area contributed by atoms with E-state index >= 15 is 0 Å². The first-order chi connectivity index (χ1) is 6.91. The number of furan rings is 1. The van der Waals surface area contributed by atoms with E-state index in [9.17, 15) is 0 Å². The van der Waals surface area contributed by atoms with Gasteiger partial charge in [-0.1, -0.05) is 13.8 Å². The van der Waals surface area contributed by atoms with Crippen LogP contribution in [0.1, 0.15) is 50.8 Å². The van der Waals surface area contributed by atoms with Crippen molar-refractivity contribution in [2.45, 2.75) is 53.6 Å². The van der Waals surface area contributed by atoms with Gasteiger partial charge >= 0.3 is 0 Å². The van der Waals surface area contributed by atoms with Gasteiger partial charge in [0.05, 0.1) is 0 Å². The molecule has 86 valence electrons. The van der Waals surface area contributed by atoms with Crippen molar-refractivity contribution in [3.63, 3.8) is 0 Å². The van der Waals surface area contributed by atoms with Crippen molar-refractivity contribution in [3.8, 4) is 0 Å². The van der Waals surface area contributed by atoms with Crippen LogP contribution >= 0.6 is 0 Å². The topological polar surface area (TPSA) is 25.2 Å². The molecule has 0 aromatic carbocycles. The third-order valence-electron chi connectivity index (χ3n) is 3.06. The first-order valence-corrected chi connectivity index (χ1v) is 5.74. The fourth-order valence-electron chi connectivity index (χ4n) is 1.76. The Morgan fingerprint density at radius 1 is 1.13 bits per heavy atom. The summed E-state index contributed by atoms with van der Waals surface area (Å²) in [6.45, 7) is 12.9. The summed E-state index contributed by atoms with van der Waals surface area (Å²) >= 11 is 0. The minimum atomic E-state index is 0.361. The van der Waals surface area contributed by atoms with Gasteiger partial charge in [-0.2, -0.15) is 0 Å².